The summed E-state index contributed by atoms with van der Waals surface area (Å²) < 4.78 is 66.6. The summed E-state index contributed by atoms with van der Waals surface area (Å²) in [7, 11) is 0. The summed E-state index contributed by atoms with van der Waals surface area (Å²) in [5.74, 6) is -5.35. The van der Waals surface area contributed by atoms with Crippen LogP contribution in [0.3, 0.4) is 0 Å². The van der Waals surface area contributed by atoms with Crippen LogP contribution in [0.15, 0.2) is 30.3 Å². The Morgan fingerprint density at radius 2 is 1.50 bits per heavy atom. The van der Waals surface area contributed by atoms with E-state index in [1.807, 2.05) is 0 Å². The molecule has 0 aromatic heterocycles. The Morgan fingerprint density at radius 3 is 2.10 bits per heavy atom. The van der Waals surface area contributed by atoms with E-state index >= 15 is 0 Å². The van der Waals surface area contributed by atoms with E-state index in [9.17, 15) is 22.0 Å². The standard InChI is InChI=1S/C14H10F5N/c1-7(13-9(16)3-2-4-10(13)17)20-12-6-8(15)5-11(18)14(12)19/h2-7,20H,1H3. The Hall–Kier alpha value is -2.11. The minimum Gasteiger partial charge on any atom is -0.376 e. The van der Waals surface area contributed by atoms with Crippen LogP contribution < -0.4 is 5.32 Å². The number of anilines is 1. The zero-order valence-corrected chi connectivity index (χ0v) is 10.4. The number of hydrogen-bond acceptors (Lipinski definition) is 1. The van der Waals surface area contributed by atoms with E-state index in [0.29, 0.717) is 12.1 Å². The highest BCUT2D eigenvalue weighted by Gasteiger charge is 2.19. The van der Waals surface area contributed by atoms with Gasteiger partial charge in [0.2, 0.25) is 0 Å². The molecule has 0 aliphatic heterocycles. The summed E-state index contributed by atoms with van der Waals surface area (Å²) >= 11 is 0. The van der Waals surface area contributed by atoms with Crippen molar-refractivity contribution in [3.63, 3.8) is 0 Å². The van der Waals surface area contributed by atoms with Gasteiger partial charge in [0, 0.05) is 17.7 Å². The molecular formula is C14H10F5N. The Balaban J connectivity index is 2.35. The molecule has 0 aliphatic carbocycles. The minimum atomic E-state index is -1.38. The van der Waals surface area contributed by atoms with Gasteiger partial charge in [-0.05, 0) is 19.1 Å². The number of halogens is 5. The Morgan fingerprint density at radius 1 is 0.900 bits per heavy atom. The third-order valence-corrected chi connectivity index (χ3v) is 2.80. The molecule has 1 unspecified atom stereocenters. The lowest BCUT2D eigenvalue weighted by Gasteiger charge is -2.17. The van der Waals surface area contributed by atoms with Crippen LogP contribution in [0.5, 0.6) is 0 Å². The van der Waals surface area contributed by atoms with Gasteiger partial charge < -0.3 is 5.32 Å². The van der Waals surface area contributed by atoms with Crippen LogP contribution in [0.1, 0.15) is 18.5 Å². The molecule has 0 aliphatic rings. The molecule has 0 heterocycles. The van der Waals surface area contributed by atoms with Gasteiger partial charge in [-0.25, -0.2) is 22.0 Å². The second kappa shape index (κ2) is 5.48. The van der Waals surface area contributed by atoms with E-state index in [2.05, 4.69) is 5.32 Å². The van der Waals surface area contributed by atoms with Crippen molar-refractivity contribution in [1.29, 1.82) is 0 Å². The Kier molecular flexibility index (Phi) is 3.92. The highest BCUT2D eigenvalue weighted by Crippen LogP contribution is 2.27. The molecule has 1 atom stereocenters. The first-order valence-corrected chi connectivity index (χ1v) is 5.75. The quantitative estimate of drug-likeness (QED) is 0.645. The van der Waals surface area contributed by atoms with Gasteiger partial charge in [-0.1, -0.05) is 6.07 Å². The maximum Gasteiger partial charge on any atom is 0.182 e. The van der Waals surface area contributed by atoms with E-state index in [1.165, 1.54) is 13.0 Å². The van der Waals surface area contributed by atoms with Crippen LogP contribution in [0.4, 0.5) is 27.6 Å². The highest BCUT2D eigenvalue weighted by atomic mass is 19.2. The fraction of sp³-hybridized carbons (Fsp3) is 0.143. The van der Waals surface area contributed by atoms with Crippen molar-refractivity contribution in [2.24, 2.45) is 0 Å². The van der Waals surface area contributed by atoms with Gasteiger partial charge in [-0.15, -0.1) is 0 Å². The molecule has 0 saturated carbocycles. The van der Waals surface area contributed by atoms with Gasteiger partial charge in [0.05, 0.1) is 11.7 Å². The first-order valence-electron chi connectivity index (χ1n) is 5.75. The van der Waals surface area contributed by atoms with Gasteiger partial charge in [0.25, 0.3) is 0 Å². The van der Waals surface area contributed by atoms with Crippen molar-refractivity contribution in [3.8, 4) is 0 Å². The summed E-state index contributed by atoms with van der Waals surface area (Å²) in [4.78, 5) is 0. The summed E-state index contributed by atoms with van der Waals surface area (Å²) in [6, 6.07) is 3.36. The summed E-state index contributed by atoms with van der Waals surface area (Å²) in [6.45, 7) is 1.35. The van der Waals surface area contributed by atoms with Crippen LogP contribution in [0.2, 0.25) is 0 Å². The van der Waals surface area contributed by atoms with Crippen LogP contribution >= 0.6 is 0 Å². The van der Waals surface area contributed by atoms with Crippen molar-refractivity contribution in [2.75, 3.05) is 5.32 Å². The molecule has 2 aromatic rings. The number of benzene rings is 2. The molecule has 0 fully saturated rings. The van der Waals surface area contributed by atoms with E-state index in [-0.39, 0.29) is 5.56 Å². The van der Waals surface area contributed by atoms with Crippen LogP contribution in [-0.4, -0.2) is 0 Å². The summed E-state index contributed by atoms with van der Waals surface area (Å²) in [5.41, 5.74) is -0.839. The van der Waals surface area contributed by atoms with Crippen LogP contribution in [0, 0.1) is 29.1 Å². The monoisotopic (exact) mass is 287 g/mol. The molecular weight excluding hydrogens is 277 g/mol. The summed E-state index contributed by atoms with van der Waals surface area (Å²) in [6.07, 6.45) is 0. The lowest BCUT2D eigenvalue weighted by Crippen LogP contribution is -2.12. The lowest BCUT2D eigenvalue weighted by molar-refractivity contribution is 0.495. The molecule has 0 bridgehead atoms. The van der Waals surface area contributed by atoms with Crippen molar-refractivity contribution in [1.82, 2.24) is 0 Å². The van der Waals surface area contributed by atoms with Crippen LogP contribution in [0.25, 0.3) is 0 Å². The fourth-order valence-electron chi connectivity index (χ4n) is 1.89. The second-order valence-electron chi connectivity index (χ2n) is 4.25. The van der Waals surface area contributed by atoms with Gasteiger partial charge in [-0.2, -0.15) is 0 Å². The molecule has 2 aromatic carbocycles. The van der Waals surface area contributed by atoms with Crippen molar-refractivity contribution in [3.05, 3.63) is 65.0 Å². The smallest absolute Gasteiger partial charge is 0.182 e. The first kappa shape index (κ1) is 14.3. The molecule has 0 radical (unpaired) electrons. The van der Waals surface area contributed by atoms with Gasteiger partial charge >= 0.3 is 0 Å². The van der Waals surface area contributed by atoms with Crippen molar-refractivity contribution in [2.45, 2.75) is 13.0 Å². The number of nitrogens with one attached hydrogen (secondary N) is 1. The summed E-state index contributed by atoms with van der Waals surface area (Å²) in [5, 5.41) is 2.35. The molecule has 0 spiro atoms. The fourth-order valence-corrected chi connectivity index (χ4v) is 1.89. The first-order chi connectivity index (χ1) is 9.40. The van der Waals surface area contributed by atoms with Crippen molar-refractivity contribution < 1.29 is 22.0 Å². The van der Waals surface area contributed by atoms with Crippen LogP contribution in [-0.2, 0) is 0 Å². The average Bonchev–Trinajstić information content (AvgIpc) is 2.35. The van der Waals surface area contributed by atoms with E-state index in [4.69, 9.17) is 0 Å². The minimum absolute atomic E-state index is 0.337. The predicted octanol–water partition coefficient (Wildman–Crippen LogP) is 4.56. The highest BCUT2D eigenvalue weighted by molar-refractivity contribution is 5.47. The topological polar surface area (TPSA) is 12.0 Å². The zero-order valence-electron chi connectivity index (χ0n) is 10.4. The lowest BCUT2D eigenvalue weighted by atomic mass is 10.1. The molecule has 106 valence electrons. The molecule has 6 heteroatoms. The molecule has 0 amide bonds. The Labute approximate surface area is 112 Å². The largest absolute Gasteiger partial charge is 0.376 e. The number of hydrogen-bond donors (Lipinski definition) is 1. The van der Waals surface area contributed by atoms with E-state index in [0.717, 1.165) is 12.1 Å². The molecule has 1 nitrogen and oxygen atoms in total. The molecule has 0 saturated heterocycles. The Bertz CT molecular complexity index is 621. The third kappa shape index (κ3) is 2.74. The van der Waals surface area contributed by atoms with E-state index < -0.39 is 40.8 Å². The van der Waals surface area contributed by atoms with Gasteiger partial charge in [0.15, 0.2) is 11.6 Å². The predicted molar refractivity (Wildman–Crippen MR) is 64.7 cm³/mol. The SMILES string of the molecule is CC(Nc1cc(F)cc(F)c1F)c1c(F)cccc1F. The zero-order chi connectivity index (χ0) is 14.9. The van der Waals surface area contributed by atoms with Gasteiger partial charge in [0.1, 0.15) is 17.5 Å². The third-order valence-electron chi connectivity index (χ3n) is 2.80. The maximum atomic E-state index is 13.5. The number of rotatable bonds is 3. The van der Waals surface area contributed by atoms with E-state index in [1.54, 1.807) is 0 Å². The molecule has 2 rings (SSSR count). The maximum absolute atomic E-state index is 13.5. The normalized spacial score (nSPS) is 12.3. The molecule has 20 heavy (non-hydrogen) atoms. The second-order valence-corrected chi connectivity index (χ2v) is 4.25. The van der Waals surface area contributed by atoms with Gasteiger partial charge in [-0.3, -0.25) is 0 Å². The van der Waals surface area contributed by atoms with Crippen molar-refractivity contribution >= 4 is 5.69 Å². The average molecular weight is 287 g/mol. The molecule has 1 N–H and O–H groups in total.